The Hall–Kier alpha value is -3.29. The molecule has 1 aromatic heterocycles. The summed E-state index contributed by atoms with van der Waals surface area (Å²) in [4.78, 5) is 0. The van der Waals surface area contributed by atoms with Crippen molar-refractivity contribution >= 4 is 5.95 Å². The summed E-state index contributed by atoms with van der Waals surface area (Å²) in [6, 6.07) is 14.1. The first-order chi connectivity index (χ1) is 13.3. The number of ether oxygens (including phenoxy) is 3. The first-order valence-corrected chi connectivity index (χ1v) is 8.65. The fraction of sp³-hybridized carbons (Fsp3) is 0.316. The lowest BCUT2D eigenvalue weighted by Gasteiger charge is -2.32. The molecule has 8 nitrogen and oxygen atoms in total. The van der Waals surface area contributed by atoms with E-state index in [1.165, 1.54) is 5.56 Å². The van der Waals surface area contributed by atoms with E-state index in [-0.39, 0.29) is 12.1 Å². The van der Waals surface area contributed by atoms with Gasteiger partial charge in [-0.15, -0.1) is 0 Å². The smallest absolute Gasteiger partial charge is 0.243 e. The predicted octanol–water partition coefficient (Wildman–Crippen LogP) is 2.85. The molecule has 8 heteroatoms. The molecule has 1 aliphatic heterocycles. The van der Waals surface area contributed by atoms with Gasteiger partial charge in [0, 0.05) is 5.56 Å². The van der Waals surface area contributed by atoms with Crippen molar-refractivity contribution in [1.29, 1.82) is 0 Å². The number of rotatable bonds is 5. The average Bonchev–Trinajstić information content (AvgIpc) is 3.21. The van der Waals surface area contributed by atoms with Crippen LogP contribution in [-0.4, -0.2) is 41.5 Å². The molecule has 1 N–H and O–H groups in total. The van der Waals surface area contributed by atoms with E-state index in [1.807, 2.05) is 30.3 Å². The molecule has 140 valence electrons. The summed E-state index contributed by atoms with van der Waals surface area (Å²) in [6.45, 7) is 0. The number of tetrazole rings is 1. The third-order valence-electron chi connectivity index (χ3n) is 4.85. The Kier molecular flexibility index (Phi) is 4.53. The second-order valence-corrected chi connectivity index (χ2v) is 6.23. The molecule has 2 heterocycles. The highest BCUT2D eigenvalue weighted by Gasteiger charge is 2.33. The molecular weight excluding hydrogens is 346 g/mol. The van der Waals surface area contributed by atoms with Gasteiger partial charge in [0.1, 0.15) is 0 Å². The van der Waals surface area contributed by atoms with Gasteiger partial charge in [-0.3, -0.25) is 0 Å². The minimum absolute atomic E-state index is 0.0764. The van der Waals surface area contributed by atoms with Gasteiger partial charge >= 0.3 is 0 Å². The molecule has 2 unspecified atom stereocenters. The number of nitrogens with zero attached hydrogens (tertiary/aromatic N) is 4. The lowest BCUT2D eigenvalue weighted by Crippen LogP contribution is -2.28. The summed E-state index contributed by atoms with van der Waals surface area (Å²) in [6.07, 6.45) is 0.758. The minimum Gasteiger partial charge on any atom is -0.493 e. The Morgan fingerprint density at radius 3 is 2.44 bits per heavy atom. The summed E-state index contributed by atoms with van der Waals surface area (Å²) in [5.74, 6) is 2.42. The van der Waals surface area contributed by atoms with Crippen LogP contribution in [0.25, 0.3) is 0 Å². The first kappa shape index (κ1) is 17.1. The summed E-state index contributed by atoms with van der Waals surface area (Å²) in [7, 11) is 4.82. The topological polar surface area (TPSA) is 83.3 Å². The Balaban J connectivity index is 1.81. The maximum atomic E-state index is 5.69. The number of methoxy groups -OCH3 is 3. The van der Waals surface area contributed by atoms with E-state index >= 15 is 0 Å². The van der Waals surface area contributed by atoms with Crippen molar-refractivity contribution < 1.29 is 14.2 Å². The van der Waals surface area contributed by atoms with Crippen molar-refractivity contribution in [1.82, 2.24) is 20.2 Å². The monoisotopic (exact) mass is 367 g/mol. The lowest BCUT2D eigenvalue weighted by molar-refractivity contribution is 0.315. The van der Waals surface area contributed by atoms with Crippen LogP contribution in [0, 0.1) is 0 Å². The molecule has 2 atom stereocenters. The highest BCUT2D eigenvalue weighted by Crippen LogP contribution is 2.46. The van der Waals surface area contributed by atoms with Crippen LogP contribution in [0.3, 0.4) is 0 Å². The lowest BCUT2D eigenvalue weighted by atomic mass is 9.92. The number of hydrogen-bond acceptors (Lipinski definition) is 7. The molecule has 0 spiro atoms. The van der Waals surface area contributed by atoms with E-state index in [2.05, 4.69) is 33.0 Å². The molecule has 3 aromatic rings. The molecule has 0 aliphatic carbocycles. The highest BCUT2D eigenvalue weighted by atomic mass is 16.5. The quantitative estimate of drug-likeness (QED) is 0.742. The zero-order chi connectivity index (χ0) is 18.8. The molecule has 0 saturated heterocycles. The van der Waals surface area contributed by atoms with Crippen LogP contribution < -0.4 is 19.5 Å². The molecule has 4 rings (SSSR count). The van der Waals surface area contributed by atoms with Gasteiger partial charge in [0.05, 0.1) is 33.4 Å². The van der Waals surface area contributed by atoms with Gasteiger partial charge < -0.3 is 19.5 Å². The van der Waals surface area contributed by atoms with Crippen LogP contribution in [0.2, 0.25) is 0 Å². The van der Waals surface area contributed by atoms with Crippen LogP contribution in [0.5, 0.6) is 17.2 Å². The van der Waals surface area contributed by atoms with Crippen molar-refractivity contribution in [2.45, 2.75) is 18.5 Å². The van der Waals surface area contributed by atoms with Gasteiger partial charge in [-0.2, -0.15) is 0 Å². The number of nitrogens with one attached hydrogen (secondary N) is 1. The van der Waals surface area contributed by atoms with Gasteiger partial charge in [0.2, 0.25) is 11.7 Å². The molecule has 1 aliphatic rings. The van der Waals surface area contributed by atoms with E-state index in [4.69, 9.17) is 14.2 Å². The molecular formula is C19H21N5O3. The predicted molar refractivity (Wildman–Crippen MR) is 99.5 cm³/mol. The second kappa shape index (κ2) is 7.14. The van der Waals surface area contributed by atoms with Crippen molar-refractivity contribution in [2.24, 2.45) is 0 Å². The van der Waals surface area contributed by atoms with Crippen LogP contribution in [0.15, 0.2) is 42.5 Å². The van der Waals surface area contributed by atoms with E-state index in [1.54, 1.807) is 26.0 Å². The summed E-state index contributed by atoms with van der Waals surface area (Å²) in [5.41, 5.74) is 2.11. The molecule has 0 saturated carbocycles. The Bertz CT molecular complexity index is 928. The maximum absolute atomic E-state index is 5.69. The van der Waals surface area contributed by atoms with Crippen molar-refractivity contribution in [3.05, 3.63) is 53.6 Å². The second-order valence-electron chi connectivity index (χ2n) is 6.23. The Morgan fingerprint density at radius 2 is 1.74 bits per heavy atom. The van der Waals surface area contributed by atoms with Gasteiger partial charge in [0.25, 0.3) is 0 Å². The Labute approximate surface area is 157 Å². The zero-order valence-corrected chi connectivity index (χ0v) is 15.4. The average molecular weight is 367 g/mol. The normalized spacial score (nSPS) is 18.3. The third kappa shape index (κ3) is 2.92. The van der Waals surface area contributed by atoms with Crippen LogP contribution in [0.1, 0.15) is 29.6 Å². The Morgan fingerprint density at radius 1 is 0.963 bits per heavy atom. The van der Waals surface area contributed by atoms with E-state index in [9.17, 15) is 0 Å². The molecule has 0 amide bonds. The standard InChI is InChI=1S/C19H21N5O3/c1-25-16-10-9-13(17(26-2)18(16)27-3)15-11-14(12-7-5-4-6-8-12)20-19-21-22-23-24(15)19/h4-10,14-15H,11H2,1-3H3,(H,20,21,23). The molecule has 0 radical (unpaired) electrons. The molecule has 27 heavy (non-hydrogen) atoms. The summed E-state index contributed by atoms with van der Waals surface area (Å²) < 4.78 is 18.4. The number of anilines is 1. The molecule has 0 bridgehead atoms. The van der Waals surface area contributed by atoms with E-state index in [0.29, 0.717) is 23.2 Å². The van der Waals surface area contributed by atoms with Gasteiger partial charge in [-0.1, -0.05) is 35.4 Å². The van der Waals surface area contributed by atoms with E-state index in [0.717, 1.165) is 12.0 Å². The highest BCUT2D eigenvalue weighted by molar-refractivity contribution is 5.57. The molecule has 2 aromatic carbocycles. The maximum Gasteiger partial charge on any atom is 0.243 e. The number of benzene rings is 2. The van der Waals surface area contributed by atoms with Gasteiger partial charge in [-0.25, -0.2) is 4.68 Å². The fourth-order valence-corrected chi connectivity index (χ4v) is 3.59. The summed E-state index contributed by atoms with van der Waals surface area (Å²) in [5, 5.41) is 15.6. The van der Waals surface area contributed by atoms with Crippen LogP contribution >= 0.6 is 0 Å². The number of fused-ring (bicyclic) bond motifs is 1. The van der Waals surface area contributed by atoms with Gasteiger partial charge in [-0.05, 0) is 34.5 Å². The fourth-order valence-electron chi connectivity index (χ4n) is 3.59. The van der Waals surface area contributed by atoms with Crippen LogP contribution in [-0.2, 0) is 0 Å². The first-order valence-electron chi connectivity index (χ1n) is 8.65. The zero-order valence-electron chi connectivity index (χ0n) is 15.4. The summed E-state index contributed by atoms with van der Waals surface area (Å²) >= 11 is 0. The van der Waals surface area contributed by atoms with Crippen molar-refractivity contribution in [3.63, 3.8) is 0 Å². The number of aromatic nitrogens is 4. The van der Waals surface area contributed by atoms with Crippen molar-refractivity contribution in [2.75, 3.05) is 26.6 Å². The SMILES string of the molecule is COc1ccc(C2CC(c3ccccc3)Nc3nnnn32)c(OC)c1OC. The van der Waals surface area contributed by atoms with E-state index < -0.39 is 0 Å². The largest absolute Gasteiger partial charge is 0.493 e. The van der Waals surface area contributed by atoms with Crippen molar-refractivity contribution in [3.8, 4) is 17.2 Å². The number of hydrogen-bond donors (Lipinski definition) is 1. The minimum atomic E-state index is -0.115. The van der Waals surface area contributed by atoms with Gasteiger partial charge in [0.15, 0.2) is 11.5 Å². The third-order valence-corrected chi connectivity index (χ3v) is 4.85. The molecule has 0 fully saturated rings. The van der Waals surface area contributed by atoms with Crippen LogP contribution in [0.4, 0.5) is 5.95 Å².